The maximum absolute atomic E-state index is 12.3. The maximum atomic E-state index is 12.3. The fraction of sp³-hybridized carbons (Fsp3) is 0.471. The number of carbonyl (C=O) groups excluding carboxylic acids is 1. The van der Waals surface area contributed by atoms with Gasteiger partial charge in [0.1, 0.15) is 5.75 Å². The van der Waals surface area contributed by atoms with Crippen molar-refractivity contribution in [2.75, 3.05) is 0 Å². The van der Waals surface area contributed by atoms with Gasteiger partial charge in [0.25, 0.3) is 5.91 Å². The summed E-state index contributed by atoms with van der Waals surface area (Å²) in [6.07, 6.45) is 2.33. The zero-order chi connectivity index (χ0) is 16.0. The first-order valence-electron chi connectivity index (χ1n) is 7.97. The smallest absolute Gasteiger partial charge is 0.261 e. The number of aromatic nitrogens is 2. The number of amides is 1. The third kappa shape index (κ3) is 2.81. The number of nitrogens with one attached hydrogen (secondary N) is 1. The topological polar surface area (TPSA) is 77.2 Å². The summed E-state index contributed by atoms with van der Waals surface area (Å²) in [5.41, 5.74) is 3.47. The number of fused-ring (bicyclic) bond motifs is 1. The van der Waals surface area contributed by atoms with E-state index < -0.39 is 6.10 Å². The molecular formula is C17H19N3O3. The second-order valence-electron chi connectivity index (χ2n) is 6.38. The molecule has 1 amide bonds. The third-order valence-corrected chi connectivity index (χ3v) is 4.47. The van der Waals surface area contributed by atoms with E-state index in [1.54, 1.807) is 0 Å². The zero-order valence-corrected chi connectivity index (χ0v) is 13.3. The summed E-state index contributed by atoms with van der Waals surface area (Å²) in [5, 5.41) is 10.8. The van der Waals surface area contributed by atoms with Gasteiger partial charge in [0, 0.05) is 12.3 Å². The van der Waals surface area contributed by atoms with Gasteiger partial charge >= 0.3 is 0 Å². The van der Waals surface area contributed by atoms with E-state index in [9.17, 15) is 4.79 Å². The molecule has 1 aromatic heterocycles. The third-order valence-electron chi connectivity index (χ3n) is 4.47. The fourth-order valence-corrected chi connectivity index (χ4v) is 2.77. The lowest BCUT2D eigenvalue weighted by Crippen LogP contribution is -2.37. The first kappa shape index (κ1) is 14.2. The lowest BCUT2D eigenvalue weighted by atomic mass is 10.0. The lowest BCUT2D eigenvalue weighted by molar-refractivity contribution is -0.127. The zero-order valence-electron chi connectivity index (χ0n) is 13.3. The first-order chi connectivity index (χ1) is 11.1. The quantitative estimate of drug-likeness (QED) is 0.936. The minimum Gasteiger partial charge on any atom is -0.480 e. The number of benzene rings is 1. The summed E-state index contributed by atoms with van der Waals surface area (Å²) in [4.78, 5) is 12.3. The minimum atomic E-state index is -0.489. The molecule has 1 fully saturated rings. The molecule has 4 rings (SSSR count). The van der Waals surface area contributed by atoms with Crippen molar-refractivity contribution in [2.45, 2.75) is 51.7 Å². The van der Waals surface area contributed by atoms with E-state index in [0.717, 1.165) is 24.2 Å². The molecule has 1 saturated carbocycles. The second kappa shape index (κ2) is 5.37. The Labute approximate surface area is 134 Å². The van der Waals surface area contributed by atoms with E-state index in [-0.39, 0.29) is 12.5 Å². The predicted octanol–water partition coefficient (Wildman–Crippen LogP) is 2.18. The Morgan fingerprint density at radius 1 is 1.26 bits per heavy atom. The number of aryl methyl sites for hydroxylation is 2. The molecule has 0 bridgehead atoms. The van der Waals surface area contributed by atoms with Crippen LogP contribution in [0, 0.1) is 13.8 Å². The Bertz CT molecular complexity index is 733. The van der Waals surface area contributed by atoms with Crippen molar-refractivity contribution < 1.29 is 13.9 Å². The average Bonchev–Trinajstić information content (AvgIpc) is 3.13. The molecule has 0 saturated heterocycles. The monoisotopic (exact) mass is 313 g/mol. The number of hydrogen-bond acceptors (Lipinski definition) is 5. The Kier molecular flexibility index (Phi) is 3.32. The Morgan fingerprint density at radius 2 is 2.04 bits per heavy atom. The van der Waals surface area contributed by atoms with Crippen LogP contribution in [0.2, 0.25) is 0 Å². The van der Waals surface area contributed by atoms with Crippen molar-refractivity contribution in [3.8, 4) is 5.75 Å². The molecule has 2 heterocycles. The molecule has 1 aliphatic carbocycles. The van der Waals surface area contributed by atoms with Crippen LogP contribution in [0.5, 0.6) is 5.75 Å². The molecule has 2 aromatic rings. The second-order valence-corrected chi connectivity index (χ2v) is 6.38. The minimum absolute atomic E-state index is 0.150. The molecule has 1 N–H and O–H groups in total. The van der Waals surface area contributed by atoms with Crippen molar-refractivity contribution in [1.82, 2.24) is 15.5 Å². The van der Waals surface area contributed by atoms with E-state index in [1.807, 2.05) is 13.0 Å². The molecule has 6 heteroatoms. The van der Waals surface area contributed by atoms with Gasteiger partial charge in [0.2, 0.25) is 11.8 Å². The Balaban J connectivity index is 1.36. The molecule has 0 spiro atoms. The number of carbonyl (C=O) groups is 1. The van der Waals surface area contributed by atoms with Gasteiger partial charge in [-0.15, -0.1) is 10.2 Å². The number of nitrogens with zero attached hydrogens (tertiary/aromatic N) is 2. The highest BCUT2D eigenvalue weighted by Crippen LogP contribution is 2.39. The van der Waals surface area contributed by atoms with Crippen molar-refractivity contribution >= 4 is 5.91 Å². The van der Waals surface area contributed by atoms with Gasteiger partial charge in [0.05, 0.1) is 6.54 Å². The summed E-state index contributed by atoms with van der Waals surface area (Å²) < 4.78 is 11.3. The molecule has 120 valence electrons. The summed E-state index contributed by atoms with van der Waals surface area (Å²) in [6.45, 7) is 4.35. The van der Waals surface area contributed by atoms with Crippen LogP contribution in [0.1, 0.15) is 47.2 Å². The van der Waals surface area contributed by atoms with Gasteiger partial charge in [-0.05, 0) is 49.4 Å². The van der Waals surface area contributed by atoms with Gasteiger partial charge in [-0.3, -0.25) is 4.79 Å². The van der Waals surface area contributed by atoms with Gasteiger partial charge in [-0.25, -0.2) is 0 Å². The highest BCUT2D eigenvalue weighted by Gasteiger charge is 2.31. The molecule has 1 unspecified atom stereocenters. The molecule has 1 aliphatic heterocycles. The van der Waals surface area contributed by atoms with Gasteiger partial charge in [0.15, 0.2) is 6.10 Å². The summed E-state index contributed by atoms with van der Waals surface area (Å²) in [6, 6.07) is 4.09. The predicted molar refractivity (Wildman–Crippen MR) is 82.2 cm³/mol. The number of hydrogen-bond donors (Lipinski definition) is 1. The van der Waals surface area contributed by atoms with Crippen LogP contribution in [-0.2, 0) is 17.8 Å². The van der Waals surface area contributed by atoms with Gasteiger partial charge in [-0.2, -0.15) is 0 Å². The first-order valence-corrected chi connectivity index (χ1v) is 7.97. The largest absolute Gasteiger partial charge is 0.480 e. The van der Waals surface area contributed by atoms with Crippen LogP contribution in [0.15, 0.2) is 16.5 Å². The molecule has 2 aliphatic rings. The highest BCUT2D eigenvalue weighted by atomic mass is 16.5. The van der Waals surface area contributed by atoms with Crippen molar-refractivity contribution in [2.24, 2.45) is 0 Å². The van der Waals surface area contributed by atoms with Crippen LogP contribution in [0.25, 0.3) is 0 Å². The standard InChI is InChI=1S/C17H19N3O3/c1-9-5-12-7-14(22-13(12)6-10(9)2)16(21)18-8-15-19-20-17(23-15)11-3-4-11/h5-6,11,14H,3-4,7-8H2,1-2H3,(H,18,21). The van der Waals surface area contributed by atoms with E-state index in [2.05, 4.69) is 28.5 Å². The molecule has 1 atom stereocenters. The van der Waals surface area contributed by atoms with Gasteiger partial charge in [-0.1, -0.05) is 6.07 Å². The molecule has 23 heavy (non-hydrogen) atoms. The van der Waals surface area contributed by atoms with Crippen LogP contribution >= 0.6 is 0 Å². The molecule has 0 radical (unpaired) electrons. The molecular weight excluding hydrogens is 294 g/mol. The maximum Gasteiger partial charge on any atom is 0.261 e. The normalized spacial score (nSPS) is 19.3. The van der Waals surface area contributed by atoms with E-state index in [0.29, 0.717) is 24.1 Å². The van der Waals surface area contributed by atoms with Crippen LogP contribution < -0.4 is 10.1 Å². The Morgan fingerprint density at radius 3 is 2.83 bits per heavy atom. The van der Waals surface area contributed by atoms with Crippen molar-refractivity contribution in [3.63, 3.8) is 0 Å². The fourth-order valence-electron chi connectivity index (χ4n) is 2.77. The Hall–Kier alpha value is -2.37. The summed E-state index contributed by atoms with van der Waals surface area (Å²) >= 11 is 0. The van der Waals surface area contributed by atoms with Crippen molar-refractivity contribution in [3.05, 3.63) is 40.6 Å². The number of rotatable bonds is 4. The van der Waals surface area contributed by atoms with E-state index in [1.165, 1.54) is 11.1 Å². The highest BCUT2D eigenvalue weighted by molar-refractivity contribution is 5.82. The van der Waals surface area contributed by atoms with Crippen molar-refractivity contribution in [1.29, 1.82) is 0 Å². The summed E-state index contributed by atoms with van der Waals surface area (Å²) in [5.74, 6) is 2.21. The van der Waals surface area contributed by atoms with Crippen LogP contribution in [0.4, 0.5) is 0 Å². The lowest BCUT2D eigenvalue weighted by Gasteiger charge is -2.10. The SMILES string of the molecule is Cc1cc2c(cc1C)OC(C(=O)NCc1nnc(C3CC3)o1)C2. The van der Waals surface area contributed by atoms with Crippen LogP contribution in [0.3, 0.4) is 0 Å². The van der Waals surface area contributed by atoms with E-state index in [4.69, 9.17) is 9.15 Å². The van der Waals surface area contributed by atoms with E-state index >= 15 is 0 Å². The molecule has 6 nitrogen and oxygen atoms in total. The van der Waals surface area contributed by atoms with Crippen LogP contribution in [-0.4, -0.2) is 22.2 Å². The number of ether oxygens (including phenoxy) is 1. The molecule has 1 aromatic carbocycles. The average molecular weight is 313 g/mol. The summed E-state index contributed by atoms with van der Waals surface area (Å²) in [7, 11) is 0. The van der Waals surface area contributed by atoms with Gasteiger partial charge < -0.3 is 14.5 Å².